The van der Waals surface area contributed by atoms with Crippen molar-refractivity contribution in [3.63, 3.8) is 0 Å². The molecule has 1 aliphatic heterocycles. The first-order chi connectivity index (χ1) is 12.9. The van der Waals surface area contributed by atoms with Crippen LogP contribution in [0.4, 0.5) is 0 Å². The molecule has 3 rings (SSSR count). The number of ether oxygens (including phenoxy) is 4. The molecule has 0 aliphatic carbocycles. The van der Waals surface area contributed by atoms with Crippen molar-refractivity contribution in [1.29, 1.82) is 0 Å². The summed E-state index contributed by atoms with van der Waals surface area (Å²) >= 11 is 5.94. The number of rotatable bonds is 4. The molecule has 0 spiro atoms. The molecule has 7 nitrogen and oxygen atoms in total. The lowest BCUT2D eigenvalue weighted by Crippen LogP contribution is -2.29. The smallest absolute Gasteiger partial charge is 0.353 e. The summed E-state index contributed by atoms with van der Waals surface area (Å²) in [6, 6.07) is 8.95. The van der Waals surface area contributed by atoms with Gasteiger partial charge in [-0.2, -0.15) is 0 Å². The number of methoxy groups -OCH3 is 2. The molecule has 0 radical (unpaired) electrons. The standard InChI is InChI=1S/C19H15ClO7/c1-24-17(21)11-5-12(18(22)25-2)8-14(7-11)26-19(23)16-9-10-6-13(20)3-4-15(10)27-16/h3-8,16H,9H2,1-2H3/t16-/m0/s1. The summed E-state index contributed by atoms with van der Waals surface area (Å²) < 4.78 is 20.2. The quantitative estimate of drug-likeness (QED) is 0.585. The first-order valence-electron chi connectivity index (χ1n) is 7.89. The third-order valence-electron chi connectivity index (χ3n) is 3.93. The van der Waals surface area contributed by atoms with E-state index in [0.29, 0.717) is 17.2 Å². The Kier molecular flexibility index (Phi) is 5.32. The van der Waals surface area contributed by atoms with Crippen LogP contribution in [-0.4, -0.2) is 38.2 Å². The number of hydrogen-bond donors (Lipinski definition) is 0. The maximum absolute atomic E-state index is 12.5. The summed E-state index contributed by atoms with van der Waals surface area (Å²) in [7, 11) is 2.40. The minimum absolute atomic E-state index is 0.000823. The van der Waals surface area contributed by atoms with Gasteiger partial charge in [-0.05, 0) is 42.0 Å². The normalized spacial score (nSPS) is 14.7. The Morgan fingerprint density at radius 1 is 1.00 bits per heavy atom. The molecule has 0 unspecified atom stereocenters. The first-order valence-corrected chi connectivity index (χ1v) is 8.27. The van der Waals surface area contributed by atoms with Gasteiger partial charge in [0.2, 0.25) is 0 Å². The highest BCUT2D eigenvalue weighted by Crippen LogP contribution is 2.32. The van der Waals surface area contributed by atoms with Crippen LogP contribution in [0.5, 0.6) is 11.5 Å². The molecule has 27 heavy (non-hydrogen) atoms. The van der Waals surface area contributed by atoms with Gasteiger partial charge in [-0.25, -0.2) is 14.4 Å². The van der Waals surface area contributed by atoms with Crippen molar-refractivity contribution in [2.45, 2.75) is 12.5 Å². The number of esters is 3. The fourth-order valence-electron chi connectivity index (χ4n) is 2.66. The lowest BCUT2D eigenvalue weighted by Gasteiger charge is -2.12. The number of hydrogen-bond acceptors (Lipinski definition) is 7. The molecule has 8 heteroatoms. The van der Waals surface area contributed by atoms with Crippen LogP contribution < -0.4 is 9.47 Å². The lowest BCUT2D eigenvalue weighted by molar-refractivity contribution is -0.141. The van der Waals surface area contributed by atoms with E-state index < -0.39 is 24.0 Å². The minimum Gasteiger partial charge on any atom is -0.478 e. The molecule has 1 heterocycles. The second-order valence-electron chi connectivity index (χ2n) is 5.71. The maximum Gasteiger partial charge on any atom is 0.353 e. The van der Waals surface area contributed by atoms with Crippen LogP contribution in [0.1, 0.15) is 26.3 Å². The zero-order valence-electron chi connectivity index (χ0n) is 14.5. The average Bonchev–Trinajstić information content (AvgIpc) is 3.09. The number of carbonyl (C=O) groups is 3. The van der Waals surface area contributed by atoms with E-state index in [4.69, 9.17) is 21.1 Å². The number of halogens is 1. The highest BCUT2D eigenvalue weighted by molar-refractivity contribution is 6.30. The third kappa shape index (κ3) is 4.03. The van der Waals surface area contributed by atoms with Gasteiger partial charge in [-0.3, -0.25) is 0 Å². The maximum atomic E-state index is 12.5. The van der Waals surface area contributed by atoms with E-state index in [1.807, 2.05) is 0 Å². The first kappa shape index (κ1) is 18.7. The Labute approximate surface area is 159 Å². The van der Waals surface area contributed by atoms with Gasteiger partial charge in [0.25, 0.3) is 0 Å². The third-order valence-corrected chi connectivity index (χ3v) is 4.16. The van der Waals surface area contributed by atoms with E-state index in [-0.39, 0.29) is 16.9 Å². The molecular weight excluding hydrogens is 376 g/mol. The van der Waals surface area contributed by atoms with Gasteiger partial charge >= 0.3 is 17.9 Å². The van der Waals surface area contributed by atoms with Crippen molar-refractivity contribution in [3.05, 3.63) is 58.1 Å². The van der Waals surface area contributed by atoms with Crippen LogP contribution >= 0.6 is 11.6 Å². The summed E-state index contributed by atoms with van der Waals surface area (Å²) in [6.07, 6.45) is -0.559. The molecule has 2 aromatic carbocycles. The zero-order valence-corrected chi connectivity index (χ0v) is 15.2. The largest absolute Gasteiger partial charge is 0.478 e. The molecule has 0 saturated carbocycles. The second-order valence-corrected chi connectivity index (χ2v) is 6.15. The van der Waals surface area contributed by atoms with E-state index in [1.165, 1.54) is 32.4 Å². The molecule has 0 N–H and O–H groups in total. The van der Waals surface area contributed by atoms with Gasteiger partial charge in [0.1, 0.15) is 11.5 Å². The van der Waals surface area contributed by atoms with Crippen molar-refractivity contribution < 1.29 is 33.3 Å². The molecule has 0 fully saturated rings. The Hall–Kier alpha value is -3.06. The molecule has 0 bridgehead atoms. The van der Waals surface area contributed by atoms with Crippen LogP contribution in [0.15, 0.2) is 36.4 Å². The highest BCUT2D eigenvalue weighted by atomic mass is 35.5. The molecule has 1 atom stereocenters. The summed E-state index contributed by atoms with van der Waals surface area (Å²) in [4.78, 5) is 36.1. The summed E-state index contributed by atoms with van der Waals surface area (Å²) in [6.45, 7) is 0. The van der Waals surface area contributed by atoms with Crippen LogP contribution in [0.2, 0.25) is 5.02 Å². The van der Waals surface area contributed by atoms with Crippen LogP contribution in [0.3, 0.4) is 0 Å². The molecule has 0 aromatic heterocycles. The van der Waals surface area contributed by atoms with Gasteiger partial charge in [-0.15, -0.1) is 0 Å². The van der Waals surface area contributed by atoms with E-state index in [9.17, 15) is 14.4 Å². The molecule has 140 valence electrons. The molecule has 0 saturated heterocycles. The van der Waals surface area contributed by atoms with Gasteiger partial charge in [-0.1, -0.05) is 11.6 Å². The topological polar surface area (TPSA) is 88.1 Å². The van der Waals surface area contributed by atoms with Crippen molar-refractivity contribution in [1.82, 2.24) is 0 Å². The lowest BCUT2D eigenvalue weighted by atomic mass is 10.1. The van der Waals surface area contributed by atoms with E-state index in [2.05, 4.69) is 9.47 Å². The van der Waals surface area contributed by atoms with Crippen molar-refractivity contribution in [2.24, 2.45) is 0 Å². The molecule has 2 aromatic rings. The van der Waals surface area contributed by atoms with E-state index in [0.717, 1.165) is 5.56 Å². The molecule has 0 amide bonds. The van der Waals surface area contributed by atoms with Crippen LogP contribution in [-0.2, 0) is 20.7 Å². The van der Waals surface area contributed by atoms with Crippen LogP contribution in [0.25, 0.3) is 0 Å². The van der Waals surface area contributed by atoms with Crippen molar-refractivity contribution in [2.75, 3.05) is 14.2 Å². The van der Waals surface area contributed by atoms with Crippen LogP contribution in [0, 0.1) is 0 Å². The number of fused-ring (bicyclic) bond motifs is 1. The monoisotopic (exact) mass is 390 g/mol. The van der Waals surface area contributed by atoms with Crippen molar-refractivity contribution in [3.8, 4) is 11.5 Å². The fourth-order valence-corrected chi connectivity index (χ4v) is 2.85. The number of carbonyl (C=O) groups excluding carboxylic acids is 3. The predicted octanol–water partition coefficient (Wildman–Crippen LogP) is 2.82. The fraction of sp³-hybridized carbons (Fsp3) is 0.211. The molecular formula is C19H15ClO7. The Bertz CT molecular complexity index is 888. The zero-order chi connectivity index (χ0) is 19.6. The SMILES string of the molecule is COC(=O)c1cc(OC(=O)[C@@H]2Cc3cc(Cl)ccc3O2)cc(C(=O)OC)c1. The minimum atomic E-state index is -0.859. The van der Waals surface area contributed by atoms with Gasteiger partial charge in [0.05, 0.1) is 25.3 Å². The summed E-state index contributed by atoms with van der Waals surface area (Å²) in [5.41, 5.74) is 0.888. The summed E-state index contributed by atoms with van der Waals surface area (Å²) in [5.74, 6) is -1.48. The second kappa shape index (κ2) is 7.67. The van der Waals surface area contributed by atoms with E-state index in [1.54, 1.807) is 18.2 Å². The Morgan fingerprint density at radius 2 is 1.63 bits per heavy atom. The highest BCUT2D eigenvalue weighted by Gasteiger charge is 2.31. The van der Waals surface area contributed by atoms with Gasteiger partial charge in [0.15, 0.2) is 6.10 Å². The Balaban J connectivity index is 1.81. The average molecular weight is 391 g/mol. The van der Waals surface area contributed by atoms with Gasteiger partial charge < -0.3 is 18.9 Å². The Morgan fingerprint density at radius 3 is 2.22 bits per heavy atom. The summed E-state index contributed by atoms with van der Waals surface area (Å²) in [5, 5.41) is 0.542. The van der Waals surface area contributed by atoms with E-state index >= 15 is 0 Å². The van der Waals surface area contributed by atoms with Gasteiger partial charge in [0, 0.05) is 11.4 Å². The van der Waals surface area contributed by atoms with Crippen molar-refractivity contribution >= 4 is 29.5 Å². The number of benzene rings is 2. The molecule has 1 aliphatic rings. The predicted molar refractivity (Wildman–Crippen MR) is 94.3 cm³/mol.